The lowest BCUT2D eigenvalue weighted by atomic mass is 9.96. The van der Waals surface area contributed by atoms with Gasteiger partial charge in [-0.3, -0.25) is 9.47 Å². The smallest absolute Gasteiger partial charge is 0.317 e. The zero-order valence-electron chi connectivity index (χ0n) is 19.5. The molecule has 1 aromatic carbocycles. The quantitative estimate of drug-likeness (QED) is 0.640. The van der Waals surface area contributed by atoms with Crippen molar-refractivity contribution in [1.82, 2.24) is 29.7 Å². The average Bonchev–Trinajstić information content (AvgIpc) is 3.23. The van der Waals surface area contributed by atoms with Crippen molar-refractivity contribution >= 4 is 17.2 Å². The van der Waals surface area contributed by atoms with Crippen molar-refractivity contribution in [3.05, 3.63) is 54.0 Å². The van der Waals surface area contributed by atoms with E-state index in [-0.39, 0.29) is 6.03 Å². The highest BCUT2D eigenvalue weighted by molar-refractivity contribution is 5.75. The molecule has 7 nitrogen and oxygen atoms in total. The van der Waals surface area contributed by atoms with Gasteiger partial charge in [-0.1, -0.05) is 38.3 Å². The Morgan fingerprint density at radius 2 is 1.79 bits per heavy atom. The number of piperazine rings is 1. The zero-order chi connectivity index (χ0) is 22.6. The van der Waals surface area contributed by atoms with Crippen LogP contribution in [-0.2, 0) is 13.0 Å². The lowest BCUT2D eigenvalue weighted by Gasteiger charge is -2.35. The van der Waals surface area contributed by atoms with Gasteiger partial charge in [0.05, 0.1) is 6.54 Å². The number of hydrogen-bond donors (Lipinski definition) is 1. The van der Waals surface area contributed by atoms with Crippen LogP contribution in [0.4, 0.5) is 4.79 Å². The van der Waals surface area contributed by atoms with E-state index >= 15 is 0 Å². The lowest BCUT2D eigenvalue weighted by Crippen LogP contribution is -2.53. The Hall–Kier alpha value is -2.93. The van der Waals surface area contributed by atoms with E-state index in [2.05, 4.69) is 51.0 Å². The summed E-state index contributed by atoms with van der Waals surface area (Å²) in [5.41, 5.74) is 4.22. The van der Waals surface area contributed by atoms with E-state index in [4.69, 9.17) is 4.98 Å². The molecule has 5 rings (SSSR count). The van der Waals surface area contributed by atoms with E-state index in [1.54, 1.807) is 0 Å². The number of aromatic nitrogens is 3. The van der Waals surface area contributed by atoms with Gasteiger partial charge in [0.25, 0.3) is 0 Å². The Kier molecular flexibility index (Phi) is 6.58. The van der Waals surface area contributed by atoms with E-state index in [9.17, 15) is 4.79 Å². The van der Waals surface area contributed by atoms with Gasteiger partial charge in [0.2, 0.25) is 0 Å². The van der Waals surface area contributed by atoms with Crippen LogP contribution in [0, 0.1) is 0 Å². The zero-order valence-corrected chi connectivity index (χ0v) is 19.5. The minimum atomic E-state index is 0.106. The Morgan fingerprint density at radius 1 is 1.03 bits per heavy atom. The Morgan fingerprint density at radius 3 is 2.52 bits per heavy atom. The first-order valence-electron chi connectivity index (χ1n) is 12.4. The maximum Gasteiger partial charge on any atom is 0.317 e. The molecule has 7 heteroatoms. The second kappa shape index (κ2) is 9.91. The molecule has 0 bridgehead atoms. The SMILES string of the molecule is CCc1ccc(-n2c(CN3CCN(C(=O)NC4CCCCC4)CC3)nc3cccnc32)cc1. The van der Waals surface area contributed by atoms with Crippen LogP contribution in [0.25, 0.3) is 16.9 Å². The summed E-state index contributed by atoms with van der Waals surface area (Å²) in [4.78, 5) is 26.6. The number of carbonyl (C=O) groups excluding carboxylic acids is 1. The van der Waals surface area contributed by atoms with Gasteiger partial charge in [0.1, 0.15) is 11.3 Å². The molecule has 0 atom stereocenters. The monoisotopic (exact) mass is 446 g/mol. The van der Waals surface area contributed by atoms with E-state index in [1.807, 2.05) is 23.2 Å². The van der Waals surface area contributed by atoms with Crippen molar-refractivity contribution in [3.63, 3.8) is 0 Å². The molecule has 1 saturated carbocycles. The van der Waals surface area contributed by atoms with Crippen molar-refractivity contribution in [1.29, 1.82) is 0 Å². The van der Waals surface area contributed by atoms with Gasteiger partial charge in [-0.05, 0) is 49.1 Å². The second-order valence-corrected chi connectivity index (χ2v) is 9.28. The molecule has 2 aromatic heterocycles. The fourth-order valence-corrected chi connectivity index (χ4v) is 5.04. The number of aryl methyl sites for hydroxylation is 1. The standard InChI is InChI=1S/C26H34N6O/c1-2-20-10-12-22(13-11-20)32-24(29-23-9-6-14-27-25(23)32)19-30-15-17-31(18-16-30)26(33)28-21-7-4-3-5-8-21/h6,9-14,21H,2-5,7-8,15-19H2,1H3,(H,28,33). The summed E-state index contributed by atoms with van der Waals surface area (Å²) < 4.78 is 2.18. The number of hydrogen-bond acceptors (Lipinski definition) is 4. The molecular formula is C26H34N6O. The van der Waals surface area contributed by atoms with E-state index in [0.29, 0.717) is 6.04 Å². The van der Waals surface area contributed by atoms with Crippen molar-refractivity contribution in [3.8, 4) is 5.69 Å². The molecule has 3 aromatic rings. The molecule has 174 valence electrons. The van der Waals surface area contributed by atoms with E-state index < -0.39 is 0 Å². The first-order valence-corrected chi connectivity index (χ1v) is 12.4. The molecule has 0 unspecified atom stereocenters. The van der Waals surface area contributed by atoms with Gasteiger partial charge in [-0.15, -0.1) is 0 Å². The predicted octanol–water partition coefficient (Wildman–Crippen LogP) is 4.14. The maximum absolute atomic E-state index is 12.7. The fraction of sp³-hybridized carbons (Fsp3) is 0.500. The molecule has 2 aliphatic rings. The Labute approximate surface area is 195 Å². The highest BCUT2D eigenvalue weighted by Crippen LogP contribution is 2.22. The molecule has 1 saturated heterocycles. The van der Waals surface area contributed by atoms with Crippen LogP contribution >= 0.6 is 0 Å². The van der Waals surface area contributed by atoms with Crippen molar-refractivity contribution < 1.29 is 4.79 Å². The molecule has 0 radical (unpaired) electrons. The summed E-state index contributed by atoms with van der Waals surface area (Å²) in [6.07, 6.45) is 8.85. The van der Waals surface area contributed by atoms with E-state index in [0.717, 1.165) is 74.7 Å². The maximum atomic E-state index is 12.7. The number of nitrogens with zero attached hydrogens (tertiary/aromatic N) is 5. The van der Waals surface area contributed by atoms with Gasteiger partial charge in [-0.25, -0.2) is 14.8 Å². The van der Waals surface area contributed by atoms with Crippen molar-refractivity contribution in [2.75, 3.05) is 26.2 Å². The van der Waals surface area contributed by atoms with Crippen LogP contribution in [0.5, 0.6) is 0 Å². The van der Waals surface area contributed by atoms with Gasteiger partial charge in [0, 0.05) is 44.1 Å². The van der Waals surface area contributed by atoms with E-state index in [1.165, 1.54) is 24.8 Å². The number of pyridine rings is 1. The molecule has 2 amide bonds. The number of carbonyl (C=O) groups is 1. The third-order valence-electron chi connectivity index (χ3n) is 7.05. The first-order chi connectivity index (χ1) is 16.2. The molecule has 1 aliphatic carbocycles. The Bertz CT molecular complexity index is 1080. The van der Waals surface area contributed by atoms with Crippen LogP contribution in [-0.4, -0.2) is 62.6 Å². The summed E-state index contributed by atoms with van der Waals surface area (Å²) in [6, 6.07) is 13.1. The van der Waals surface area contributed by atoms with Crippen molar-refractivity contribution in [2.24, 2.45) is 0 Å². The molecule has 1 N–H and O–H groups in total. The summed E-state index contributed by atoms with van der Waals surface area (Å²) in [5, 5.41) is 3.25. The van der Waals surface area contributed by atoms with Crippen LogP contribution in [0.3, 0.4) is 0 Å². The summed E-state index contributed by atoms with van der Waals surface area (Å²) in [6.45, 7) is 6.12. The van der Waals surface area contributed by atoms with Crippen LogP contribution in [0.15, 0.2) is 42.6 Å². The lowest BCUT2D eigenvalue weighted by molar-refractivity contribution is 0.130. The van der Waals surface area contributed by atoms with Crippen LogP contribution in [0.1, 0.15) is 50.4 Å². The summed E-state index contributed by atoms with van der Waals surface area (Å²) in [7, 11) is 0. The molecule has 1 aliphatic heterocycles. The number of imidazole rings is 1. The normalized spacial score (nSPS) is 18.0. The molecule has 33 heavy (non-hydrogen) atoms. The number of amides is 2. The molecule has 2 fully saturated rings. The number of nitrogens with one attached hydrogen (secondary N) is 1. The van der Waals surface area contributed by atoms with Gasteiger partial charge >= 0.3 is 6.03 Å². The van der Waals surface area contributed by atoms with Crippen LogP contribution in [0.2, 0.25) is 0 Å². The highest BCUT2D eigenvalue weighted by atomic mass is 16.2. The van der Waals surface area contributed by atoms with Crippen molar-refractivity contribution in [2.45, 2.75) is 58.0 Å². The van der Waals surface area contributed by atoms with Crippen LogP contribution < -0.4 is 5.32 Å². The third-order valence-corrected chi connectivity index (χ3v) is 7.05. The summed E-state index contributed by atoms with van der Waals surface area (Å²) >= 11 is 0. The number of benzene rings is 1. The van der Waals surface area contributed by atoms with Gasteiger partial charge < -0.3 is 10.2 Å². The molecule has 0 spiro atoms. The van der Waals surface area contributed by atoms with Gasteiger partial charge in [0.15, 0.2) is 5.65 Å². The largest absolute Gasteiger partial charge is 0.335 e. The minimum absolute atomic E-state index is 0.106. The fourth-order valence-electron chi connectivity index (χ4n) is 5.04. The second-order valence-electron chi connectivity index (χ2n) is 9.28. The number of fused-ring (bicyclic) bond motifs is 1. The predicted molar refractivity (Wildman–Crippen MR) is 130 cm³/mol. The first kappa shape index (κ1) is 21.9. The minimum Gasteiger partial charge on any atom is -0.335 e. The third kappa shape index (κ3) is 4.88. The van der Waals surface area contributed by atoms with Gasteiger partial charge in [-0.2, -0.15) is 0 Å². The highest BCUT2D eigenvalue weighted by Gasteiger charge is 2.25. The number of urea groups is 1. The number of rotatable bonds is 5. The molecular weight excluding hydrogens is 412 g/mol. The topological polar surface area (TPSA) is 66.3 Å². The molecule has 3 heterocycles. The average molecular weight is 447 g/mol. The summed E-state index contributed by atoms with van der Waals surface area (Å²) in [5.74, 6) is 0.994. The Balaban J connectivity index is 1.27.